The van der Waals surface area contributed by atoms with Crippen LogP contribution in [0.5, 0.6) is 17.2 Å². The lowest BCUT2D eigenvalue weighted by Crippen LogP contribution is -2.40. The molecule has 1 aliphatic heterocycles. The second kappa shape index (κ2) is 20.4. The molecule has 344 valence electrons. The molecule has 66 heavy (non-hydrogen) atoms. The van der Waals surface area contributed by atoms with Crippen LogP contribution >= 0.6 is 11.6 Å². The number of nitrogens with one attached hydrogen (secondary N) is 3. The monoisotopic (exact) mass is 936 g/mol. The van der Waals surface area contributed by atoms with Gasteiger partial charge in [-0.2, -0.15) is 5.26 Å². The second-order valence-corrected chi connectivity index (χ2v) is 18.9. The van der Waals surface area contributed by atoms with Crippen LogP contribution in [0.1, 0.15) is 73.5 Å². The highest BCUT2D eigenvalue weighted by Gasteiger charge is 2.26. The molecular weight excluding hydrogens is 887 g/mol. The Bertz CT molecular complexity index is 2920. The number of aromatic amines is 1. The summed E-state index contributed by atoms with van der Waals surface area (Å²) < 4.78 is 63.5. The van der Waals surface area contributed by atoms with Crippen molar-refractivity contribution in [2.24, 2.45) is 7.05 Å². The minimum atomic E-state index is -3.60. The molecule has 0 spiro atoms. The maximum absolute atomic E-state index is 16.1. The Labute approximate surface area is 386 Å². The van der Waals surface area contributed by atoms with Gasteiger partial charge in [-0.3, -0.25) is 14.3 Å². The van der Waals surface area contributed by atoms with Crippen LogP contribution in [0.4, 0.5) is 15.9 Å². The molecule has 0 radical (unpaired) electrons. The van der Waals surface area contributed by atoms with Crippen LogP contribution in [-0.2, 0) is 28.2 Å². The number of aryl methyl sites for hydroxylation is 2. The average molecular weight is 937 g/mol. The summed E-state index contributed by atoms with van der Waals surface area (Å²) in [5.74, 6) is 0.708. The number of carbonyl (C=O) groups is 1. The Morgan fingerprint density at radius 1 is 0.970 bits per heavy atom. The molecule has 3 N–H and O–H groups in total. The summed E-state index contributed by atoms with van der Waals surface area (Å²) in [4.78, 5) is 31.0. The molecule has 1 aliphatic carbocycles. The van der Waals surface area contributed by atoms with Crippen molar-refractivity contribution < 1.29 is 31.8 Å². The van der Waals surface area contributed by atoms with E-state index in [0.717, 1.165) is 38.5 Å². The van der Waals surface area contributed by atoms with Crippen LogP contribution in [0.25, 0.3) is 22.0 Å². The number of halogens is 2. The Balaban J connectivity index is 0.801. The van der Waals surface area contributed by atoms with Crippen molar-refractivity contribution in [3.63, 3.8) is 0 Å². The maximum atomic E-state index is 16.1. The number of hydrogen-bond donors (Lipinski definition) is 3. The number of anilines is 2. The molecule has 0 atom stereocenters. The third-order valence-electron chi connectivity index (χ3n) is 12.0. The van der Waals surface area contributed by atoms with E-state index >= 15 is 4.39 Å². The first kappa shape index (κ1) is 46.1. The van der Waals surface area contributed by atoms with Crippen molar-refractivity contribution in [3.8, 4) is 34.4 Å². The molecule has 15 nitrogen and oxygen atoms in total. The van der Waals surface area contributed by atoms with Gasteiger partial charge >= 0.3 is 0 Å². The van der Waals surface area contributed by atoms with Crippen LogP contribution in [0, 0.1) is 17.1 Å². The molecule has 1 saturated carbocycles. The third-order valence-corrected chi connectivity index (χ3v) is 13.7. The number of carbonyl (C=O) groups excluding carboxylic acids is 1. The van der Waals surface area contributed by atoms with E-state index in [9.17, 15) is 18.0 Å². The number of hydrogen-bond acceptors (Lipinski definition) is 11. The molecule has 3 aromatic heterocycles. The Kier molecular flexibility index (Phi) is 14.2. The molecule has 1 saturated heterocycles. The number of amides is 1. The van der Waals surface area contributed by atoms with E-state index in [2.05, 4.69) is 30.1 Å². The van der Waals surface area contributed by atoms with Gasteiger partial charge in [0.15, 0.2) is 23.1 Å². The van der Waals surface area contributed by atoms with E-state index in [-0.39, 0.29) is 52.7 Å². The Morgan fingerprint density at radius 3 is 2.50 bits per heavy atom. The molecule has 4 heterocycles. The molecule has 2 aliphatic rings. The van der Waals surface area contributed by atoms with Gasteiger partial charge in [-0.15, -0.1) is 10.2 Å². The quantitative estimate of drug-likeness (QED) is 0.0791. The number of ether oxygens (including phenoxy) is 3. The summed E-state index contributed by atoms with van der Waals surface area (Å²) in [5, 5.41) is 21.8. The van der Waals surface area contributed by atoms with Gasteiger partial charge < -0.3 is 34.0 Å². The van der Waals surface area contributed by atoms with Crippen molar-refractivity contribution in [2.45, 2.75) is 76.5 Å². The predicted octanol–water partition coefficient (Wildman–Crippen LogP) is 8.28. The summed E-state index contributed by atoms with van der Waals surface area (Å²) in [6.45, 7) is 3.40. The number of pyridine rings is 1. The van der Waals surface area contributed by atoms with Gasteiger partial charge in [-0.05, 0) is 118 Å². The number of rotatable bonds is 16. The first-order valence-electron chi connectivity index (χ1n) is 22.0. The normalized spacial score (nSPS) is 16.7. The summed E-state index contributed by atoms with van der Waals surface area (Å²) in [7, 11) is -1.98. The molecular formula is C48H50ClFN8O7S. The first-order valence-corrected chi connectivity index (χ1v) is 24.0. The Hall–Kier alpha value is -6.48. The summed E-state index contributed by atoms with van der Waals surface area (Å²) in [6.07, 6.45) is 8.94. The lowest BCUT2D eigenvalue weighted by Gasteiger charge is -2.32. The van der Waals surface area contributed by atoms with Gasteiger partial charge in [0.2, 0.25) is 10.0 Å². The van der Waals surface area contributed by atoms with E-state index in [1.165, 1.54) is 11.5 Å². The number of aromatic nitrogens is 4. The summed E-state index contributed by atoms with van der Waals surface area (Å²) in [6, 6.07) is 22.1. The smallest absolute Gasteiger partial charge is 0.274 e. The number of sulfonamides is 1. The zero-order valence-corrected chi connectivity index (χ0v) is 38.1. The van der Waals surface area contributed by atoms with Crippen LogP contribution in [0.3, 0.4) is 0 Å². The van der Waals surface area contributed by atoms with Gasteiger partial charge in [0.25, 0.3) is 11.5 Å². The lowest BCUT2D eigenvalue weighted by atomic mass is 9.93. The maximum Gasteiger partial charge on any atom is 0.274 e. The second-order valence-electron chi connectivity index (χ2n) is 16.5. The SMILES string of the molecule is CCS(=O)(=O)Nc1ccc(Oc2cccc(CCCOC3CCN(c4ccc(C(=O)N[C@H]5CC[C@H](Oc6ccc(C#N)c(Cl)c6)CC5)nn4)CC3)c2F)c(-c2cn(C)c(=O)c3[nH]ccc23)c1. The van der Waals surface area contributed by atoms with Crippen molar-refractivity contribution in [1.82, 2.24) is 25.1 Å². The topological polar surface area (TPSA) is 194 Å². The molecule has 18 heteroatoms. The third kappa shape index (κ3) is 10.8. The van der Waals surface area contributed by atoms with Crippen LogP contribution in [0.15, 0.2) is 90.0 Å². The minimum absolute atomic E-state index is 0.000982. The van der Waals surface area contributed by atoms with E-state index in [0.29, 0.717) is 88.0 Å². The Morgan fingerprint density at radius 2 is 1.77 bits per heavy atom. The number of nitrogens with zero attached hydrogens (tertiary/aromatic N) is 5. The van der Waals surface area contributed by atoms with E-state index in [1.54, 1.807) is 86.2 Å². The summed E-state index contributed by atoms with van der Waals surface area (Å²) in [5.41, 5.74) is 2.63. The van der Waals surface area contributed by atoms with E-state index in [4.69, 9.17) is 31.1 Å². The predicted molar refractivity (Wildman–Crippen MR) is 250 cm³/mol. The lowest BCUT2D eigenvalue weighted by molar-refractivity contribution is 0.0356. The molecule has 2 fully saturated rings. The standard InChI is InChI=1S/C48H50ClFN8O7S/c1-3-66(61,62)56-33-12-17-42(38(26-33)39-29-57(2)48(60)46-37(39)19-22-52-46)65-43-8-4-6-30(45(43)50)7-5-25-63-34-20-23-58(24-21-34)44-18-16-41(54-55-44)47(59)53-32-10-14-35(15-11-32)64-36-13-9-31(28-51)40(49)27-36/h4,6,8-9,12-13,16-19,22,26-27,29,32,34-35,52,56H,3,5,7,10-11,14-15,20-21,23-25H2,1-2H3,(H,53,59)/t32-,35-. The number of benzene rings is 3. The van der Waals surface area contributed by atoms with Crippen molar-refractivity contribution in [3.05, 3.63) is 123 Å². The molecule has 1 amide bonds. The highest BCUT2D eigenvalue weighted by molar-refractivity contribution is 7.92. The first-order chi connectivity index (χ1) is 31.9. The summed E-state index contributed by atoms with van der Waals surface area (Å²) >= 11 is 6.15. The van der Waals surface area contributed by atoms with Crippen LogP contribution in [-0.4, -0.2) is 77.8 Å². The number of H-pyrrole nitrogens is 1. The van der Waals surface area contributed by atoms with E-state index < -0.39 is 15.8 Å². The molecule has 0 bridgehead atoms. The van der Waals surface area contributed by atoms with Gasteiger partial charge in [0.1, 0.15) is 23.1 Å². The zero-order chi connectivity index (χ0) is 46.4. The number of piperidine rings is 1. The fourth-order valence-electron chi connectivity index (χ4n) is 8.39. The highest BCUT2D eigenvalue weighted by atomic mass is 35.5. The van der Waals surface area contributed by atoms with Crippen LogP contribution in [0.2, 0.25) is 5.02 Å². The van der Waals surface area contributed by atoms with Crippen molar-refractivity contribution >= 4 is 49.9 Å². The minimum Gasteiger partial charge on any atom is -0.490 e. The fraction of sp³-hybridized carbons (Fsp3) is 0.354. The van der Waals surface area contributed by atoms with Crippen molar-refractivity contribution in [2.75, 3.05) is 35.1 Å². The van der Waals surface area contributed by atoms with Gasteiger partial charge in [-0.25, -0.2) is 12.8 Å². The van der Waals surface area contributed by atoms with E-state index in [1.807, 2.05) is 12.1 Å². The average Bonchev–Trinajstić information content (AvgIpc) is 3.82. The van der Waals surface area contributed by atoms with Gasteiger partial charge in [0.05, 0.1) is 28.5 Å². The largest absolute Gasteiger partial charge is 0.490 e. The number of nitriles is 1. The molecule has 0 unspecified atom stereocenters. The molecule has 3 aromatic carbocycles. The molecule has 6 aromatic rings. The van der Waals surface area contributed by atoms with Crippen molar-refractivity contribution in [1.29, 1.82) is 5.26 Å². The molecule has 8 rings (SSSR count). The van der Waals surface area contributed by atoms with Crippen LogP contribution < -0.4 is 30.0 Å². The fourth-order valence-corrected chi connectivity index (χ4v) is 9.23. The van der Waals surface area contributed by atoms with Gasteiger partial charge in [0, 0.05) is 73.4 Å². The highest BCUT2D eigenvalue weighted by Crippen LogP contribution is 2.40. The van der Waals surface area contributed by atoms with Gasteiger partial charge in [-0.1, -0.05) is 23.7 Å². The number of fused-ring (bicyclic) bond motifs is 1. The zero-order valence-electron chi connectivity index (χ0n) is 36.6.